The van der Waals surface area contributed by atoms with Crippen molar-refractivity contribution >= 4 is 27.5 Å². The molecule has 0 radical (unpaired) electrons. The minimum Gasteiger partial charge on any atom is -0.479 e. The summed E-state index contributed by atoms with van der Waals surface area (Å²) in [6, 6.07) is 3.09. The molecule has 30 heavy (non-hydrogen) atoms. The molecule has 1 saturated heterocycles. The van der Waals surface area contributed by atoms with Gasteiger partial charge in [0.15, 0.2) is 6.10 Å². The Morgan fingerprint density at radius 3 is 2.80 bits per heavy atom. The quantitative estimate of drug-likeness (QED) is 0.710. The summed E-state index contributed by atoms with van der Waals surface area (Å²) < 4.78 is 33.7. The number of nitrogens with zero attached hydrogens (tertiary/aromatic N) is 1. The predicted molar refractivity (Wildman–Crippen MR) is 114 cm³/mol. The van der Waals surface area contributed by atoms with Crippen molar-refractivity contribution in [2.45, 2.75) is 58.0 Å². The van der Waals surface area contributed by atoms with E-state index in [1.807, 2.05) is 0 Å². The molecule has 0 aliphatic carbocycles. The van der Waals surface area contributed by atoms with Crippen molar-refractivity contribution < 1.29 is 22.7 Å². The minimum absolute atomic E-state index is 0.0856. The number of carbonyl (C=O) groups excluding carboxylic acids is 2. The average Bonchev–Trinajstić information content (AvgIpc) is 2.68. The molecule has 2 atom stereocenters. The molecule has 0 spiro atoms. The van der Waals surface area contributed by atoms with E-state index in [-0.39, 0.29) is 29.2 Å². The summed E-state index contributed by atoms with van der Waals surface area (Å²) in [5.41, 5.74) is 0.992. The summed E-state index contributed by atoms with van der Waals surface area (Å²) in [4.78, 5) is 24.5. The first-order valence-corrected chi connectivity index (χ1v) is 11.9. The van der Waals surface area contributed by atoms with Gasteiger partial charge in [-0.25, -0.2) is 8.42 Å². The topological polar surface area (TPSA) is 105 Å². The van der Waals surface area contributed by atoms with E-state index in [9.17, 15) is 18.0 Å². The molecule has 2 amide bonds. The van der Waals surface area contributed by atoms with E-state index in [1.54, 1.807) is 19.9 Å². The molecule has 0 aromatic heterocycles. The highest BCUT2D eigenvalue weighted by atomic mass is 32.2. The molecule has 0 bridgehead atoms. The van der Waals surface area contributed by atoms with Crippen LogP contribution in [0, 0.1) is 18.8 Å². The van der Waals surface area contributed by atoms with Crippen LogP contribution in [0.4, 0.5) is 5.69 Å². The highest BCUT2D eigenvalue weighted by Crippen LogP contribution is 2.36. The molecule has 1 aromatic rings. The zero-order valence-corrected chi connectivity index (χ0v) is 18.8. The average molecular weight is 438 g/mol. The molecule has 0 unspecified atom stereocenters. The van der Waals surface area contributed by atoms with E-state index >= 15 is 0 Å². The second kappa shape index (κ2) is 8.93. The first-order chi connectivity index (χ1) is 14.1. The lowest BCUT2D eigenvalue weighted by Gasteiger charge is -2.32. The van der Waals surface area contributed by atoms with Crippen molar-refractivity contribution in [2.24, 2.45) is 11.8 Å². The summed E-state index contributed by atoms with van der Waals surface area (Å²) in [6.45, 7) is 8.64. The Labute approximate surface area is 178 Å². The number of sulfonamides is 1. The summed E-state index contributed by atoms with van der Waals surface area (Å²) in [5, 5.41) is 5.67. The van der Waals surface area contributed by atoms with Crippen LogP contribution in [0.1, 0.15) is 45.6 Å². The molecule has 9 heteroatoms. The number of carbonyl (C=O) groups is 2. The lowest BCUT2D eigenvalue weighted by atomic mass is 9.98. The fourth-order valence-electron chi connectivity index (χ4n) is 3.76. The van der Waals surface area contributed by atoms with Gasteiger partial charge in [-0.1, -0.05) is 13.8 Å². The molecule has 0 saturated carbocycles. The minimum atomic E-state index is -3.80. The van der Waals surface area contributed by atoms with Crippen molar-refractivity contribution in [1.82, 2.24) is 9.62 Å². The summed E-state index contributed by atoms with van der Waals surface area (Å²) in [7, 11) is -3.80. The van der Waals surface area contributed by atoms with Crippen molar-refractivity contribution in [3.8, 4) is 5.75 Å². The molecular weight excluding hydrogens is 406 g/mol. The van der Waals surface area contributed by atoms with Gasteiger partial charge in [0.1, 0.15) is 5.75 Å². The first-order valence-electron chi connectivity index (χ1n) is 10.5. The van der Waals surface area contributed by atoms with E-state index in [1.165, 1.54) is 10.4 Å². The van der Waals surface area contributed by atoms with Crippen LogP contribution >= 0.6 is 0 Å². The van der Waals surface area contributed by atoms with E-state index in [4.69, 9.17) is 4.74 Å². The van der Waals surface area contributed by atoms with Gasteiger partial charge in [-0.15, -0.1) is 0 Å². The number of benzene rings is 1. The number of nitrogens with one attached hydrogen (secondary N) is 2. The Kier molecular flexibility index (Phi) is 6.71. The second-order valence-corrected chi connectivity index (χ2v) is 10.4. The van der Waals surface area contributed by atoms with Crippen LogP contribution in [0.3, 0.4) is 0 Å². The van der Waals surface area contributed by atoms with Crippen LogP contribution in [-0.4, -0.2) is 50.3 Å². The van der Waals surface area contributed by atoms with E-state index in [0.717, 1.165) is 6.42 Å². The standard InChI is InChI=1S/C21H31N3O5S/c1-13(2)7-8-22-21(26)16-6-5-9-24(12-16)30(27,28)19-11-18-17(10-14(19)3)23-20(25)15(4)29-18/h10-11,13,15-16H,5-9,12H2,1-4H3,(H,22,26)(H,23,25)/t15-,16-/m1/s1. The fourth-order valence-corrected chi connectivity index (χ4v) is 5.51. The summed E-state index contributed by atoms with van der Waals surface area (Å²) in [6.07, 6.45) is 1.51. The summed E-state index contributed by atoms with van der Waals surface area (Å²) in [5.74, 6) is 0.133. The molecule has 1 aromatic carbocycles. The van der Waals surface area contributed by atoms with E-state index in [0.29, 0.717) is 48.8 Å². The van der Waals surface area contributed by atoms with Gasteiger partial charge in [0, 0.05) is 25.7 Å². The van der Waals surface area contributed by atoms with Crippen LogP contribution in [0.25, 0.3) is 0 Å². The Bertz CT molecular complexity index is 929. The first kappa shape index (κ1) is 22.6. The lowest BCUT2D eigenvalue weighted by Crippen LogP contribution is -2.45. The monoisotopic (exact) mass is 437 g/mol. The zero-order chi connectivity index (χ0) is 22.1. The second-order valence-electron chi connectivity index (χ2n) is 8.54. The maximum absolute atomic E-state index is 13.4. The Hall–Kier alpha value is -2.13. The van der Waals surface area contributed by atoms with Crippen molar-refractivity contribution in [2.75, 3.05) is 25.0 Å². The van der Waals surface area contributed by atoms with Crippen molar-refractivity contribution in [3.05, 3.63) is 17.7 Å². The van der Waals surface area contributed by atoms with Gasteiger partial charge in [0.25, 0.3) is 5.91 Å². The third kappa shape index (κ3) is 4.78. The summed E-state index contributed by atoms with van der Waals surface area (Å²) >= 11 is 0. The third-order valence-corrected chi connectivity index (χ3v) is 7.61. The molecule has 2 heterocycles. The fraction of sp³-hybridized carbons (Fsp3) is 0.619. The number of hydrogen-bond donors (Lipinski definition) is 2. The van der Waals surface area contributed by atoms with Crippen LogP contribution in [-0.2, 0) is 19.6 Å². The van der Waals surface area contributed by atoms with Crippen molar-refractivity contribution in [3.63, 3.8) is 0 Å². The predicted octanol–water partition coefficient (Wildman–Crippen LogP) is 2.28. The molecule has 166 valence electrons. The molecule has 2 aliphatic rings. The molecule has 1 fully saturated rings. The molecule has 8 nitrogen and oxygen atoms in total. The van der Waals surface area contributed by atoms with Crippen LogP contribution in [0.15, 0.2) is 17.0 Å². The number of ether oxygens (including phenoxy) is 1. The Balaban J connectivity index is 1.77. The maximum Gasteiger partial charge on any atom is 0.265 e. The van der Waals surface area contributed by atoms with Gasteiger partial charge in [-0.2, -0.15) is 4.31 Å². The lowest BCUT2D eigenvalue weighted by molar-refractivity contribution is -0.126. The number of aryl methyl sites for hydroxylation is 1. The highest BCUT2D eigenvalue weighted by molar-refractivity contribution is 7.89. The Morgan fingerprint density at radius 2 is 2.10 bits per heavy atom. The smallest absolute Gasteiger partial charge is 0.265 e. The zero-order valence-electron chi connectivity index (χ0n) is 18.0. The Morgan fingerprint density at radius 1 is 1.37 bits per heavy atom. The number of amides is 2. The maximum atomic E-state index is 13.4. The van der Waals surface area contributed by atoms with Crippen LogP contribution in [0.2, 0.25) is 0 Å². The van der Waals surface area contributed by atoms with Gasteiger partial charge < -0.3 is 15.4 Å². The number of hydrogen-bond acceptors (Lipinski definition) is 5. The SMILES string of the molecule is Cc1cc2c(cc1S(=O)(=O)N1CCC[C@@H](C(=O)NCCC(C)C)C1)O[C@H](C)C(=O)N2. The van der Waals surface area contributed by atoms with Gasteiger partial charge >= 0.3 is 0 Å². The number of anilines is 1. The van der Waals surface area contributed by atoms with Gasteiger partial charge in [-0.3, -0.25) is 9.59 Å². The van der Waals surface area contributed by atoms with E-state index in [2.05, 4.69) is 24.5 Å². The highest BCUT2D eigenvalue weighted by Gasteiger charge is 2.35. The number of rotatable bonds is 6. The van der Waals surface area contributed by atoms with Crippen LogP contribution < -0.4 is 15.4 Å². The molecule has 2 aliphatic heterocycles. The number of fused-ring (bicyclic) bond motifs is 1. The van der Waals surface area contributed by atoms with Crippen LogP contribution in [0.5, 0.6) is 5.75 Å². The van der Waals surface area contributed by atoms with Gasteiger partial charge in [0.05, 0.1) is 16.5 Å². The third-order valence-electron chi connectivity index (χ3n) is 5.60. The molecule has 3 rings (SSSR count). The largest absolute Gasteiger partial charge is 0.479 e. The normalized spacial score (nSPS) is 22.2. The van der Waals surface area contributed by atoms with Gasteiger partial charge in [-0.05, 0) is 50.7 Å². The van der Waals surface area contributed by atoms with E-state index < -0.39 is 16.1 Å². The molecule has 2 N–H and O–H groups in total. The van der Waals surface area contributed by atoms with Crippen molar-refractivity contribution in [1.29, 1.82) is 0 Å². The number of piperidine rings is 1. The van der Waals surface area contributed by atoms with Gasteiger partial charge in [0.2, 0.25) is 15.9 Å². The molecular formula is C21H31N3O5S.